The van der Waals surface area contributed by atoms with Crippen molar-refractivity contribution in [3.8, 4) is 5.75 Å². The maximum absolute atomic E-state index is 13.3. The van der Waals surface area contributed by atoms with Crippen LogP contribution in [0.5, 0.6) is 5.75 Å². The van der Waals surface area contributed by atoms with E-state index in [1.54, 1.807) is 6.92 Å². The fourth-order valence-corrected chi connectivity index (χ4v) is 1.68. The number of halogens is 3. The summed E-state index contributed by atoms with van der Waals surface area (Å²) in [4.78, 5) is 11.6. The molecule has 0 bridgehead atoms. The molecule has 7 heteroatoms. The molecule has 1 amide bonds. The van der Waals surface area contributed by atoms with Crippen molar-refractivity contribution in [2.75, 3.05) is 19.7 Å². The molecule has 1 unspecified atom stereocenters. The van der Waals surface area contributed by atoms with E-state index in [0.717, 1.165) is 12.1 Å². The van der Waals surface area contributed by atoms with Crippen molar-refractivity contribution in [1.29, 1.82) is 0 Å². The summed E-state index contributed by atoms with van der Waals surface area (Å²) in [6.45, 7) is 3.28. The fraction of sp³-hybridized carbons (Fsp3) is 0.462. The standard InChI is InChI=1S/C13H16F2N2O2.ClH/c1-8(17-13(18)9-5-16-6-9)7-19-12-3-2-10(14)4-11(12)15;/h2-4,8-9,16H,5-7H2,1H3,(H,17,18);1H. The molecule has 0 aliphatic carbocycles. The van der Waals surface area contributed by atoms with Gasteiger partial charge in [-0.1, -0.05) is 0 Å². The normalized spacial score (nSPS) is 15.8. The Morgan fingerprint density at radius 2 is 2.20 bits per heavy atom. The lowest BCUT2D eigenvalue weighted by atomic mass is 10.0. The highest BCUT2D eigenvalue weighted by Crippen LogP contribution is 2.17. The Bertz CT molecular complexity index is 470. The largest absolute Gasteiger partial charge is 0.488 e. The van der Waals surface area contributed by atoms with E-state index < -0.39 is 11.6 Å². The molecular weight excluding hydrogens is 290 g/mol. The summed E-state index contributed by atoms with van der Waals surface area (Å²) in [7, 11) is 0. The smallest absolute Gasteiger partial charge is 0.226 e. The van der Waals surface area contributed by atoms with Crippen molar-refractivity contribution >= 4 is 18.3 Å². The van der Waals surface area contributed by atoms with Gasteiger partial charge in [0, 0.05) is 19.2 Å². The molecule has 2 N–H and O–H groups in total. The minimum atomic E-state index is -0.748. The van der Waals surface area contributed by atoms with E-state index in [-0.39, 0.29) is 42.6 Å². The van der Waals surface area contributed by atoms with E-state index in [2.05, 4.69) is 10.6 Å². The molecule has 2 rings (SSSR count). The highest BCUT2D eigenvalue weighted by molar-refractivity contribution is 5.85. The molecule has 112 valence electrons. The monoisotopic (exact) mass is 306 g/mol. The first-order valence-corrected chi connectivity index (χ1v) is 6.15. The molecule has 0 aromatic heterocycles. The van der Waals surface area contributed by atoms with Crippen molar-refractivity contribution in [2.24, 2.45) is 5.92 Å². The van der Waals surface area contributed by atoms with Crippen LogP contribution in [0.2, 0.25) is 0 Å². The van der Waals surface area contributed by atoms with Gasteiger partial charge in [0.1, 0.15) is 12.4 Å². The molecule has 0 radical (unpaired) electrons. The average molecular weight is 307 g/mol. The molecule has 1 heterocycles. The van der Waals surface area contributed by atoms with Crippen LogP contribution in [-0.4, -0.2) is 31.6 Å². The first-order valence-electron chi connectivity index (χ1n) is 6.15. The molecule has 1 saturated heterocycles. The van der Waals surface area contributed by atoms with Gasteiger partial charge >= 0.3 is 0 Å². The Balaban J connectivity index is 0.00000200. The van der Waals surface area contributed by atoms with Crippen LogP contribution in [0, 0.1) is 17.6 Å². The van der Waals surface area contributed by atoms with E-state index in [0.29, 0.717) is 13.1 Å². The van der Waals surface area contributed by atoms with Crippen LogP contribution in [-0.2, 0) is 4.79 Å². The Kier molecular flexibility index (Phi) is 6.16. The molecular formula is C13H17ClF2N2O2. The van der Waals surface area contributed by atoms with Gasteiger partial charge in [0.15, 0.2) is 11.6 Å². The number of benzene rings is 1. The second-order valence-corrected chi connectivity index (χ2v) is 4.65. The zero-order valence-corrected chi connectivity index (χ0v) is 11.8. The molecule has 1 aliphatic heterocycles. The predicted molar refractivity (Wildman–Crippen MR) is 73.1 cm³/mol. The third-order valence-electron chi connectivity index (χ3n) is 2.92. The summed E-state index contributed by atoms with van der Waals surface area (Å²) in [5.41, 5.74) is 0. The number of nitrogens with one attached hydrogen (secondary N) is 2. The summed E-state index contributed by atoms with van der Waals surface area (Å²) in [5.74, 6) is -1.45. The molecule has 1 aromatic carbocycles. The van der Waals surface area contributed by atoms with E-state index in [4.69, 9.17) is 4.74 Å². The zero-order valence-electron chi connectivity index (χ0n) is 11.0. The second kappa shape index (κ2) is 7.40. The second-order valence-electron chi connectivity index (χ2n) is 4.65. The van der Waals surface area contributed by atoms with E-state index in [9.17, 15) is 13.6 Å². The van der Waals surface area contributed by atoms with Crippen LogP contribution in [0.15, 0.2) is 18.2 Å². The zero-order chi connectivity index (χ0) is 13.8. The Morgan fingerprint density at radius 3 is 2.75 bits per heavy atom. The molecule has 4 nitrogen and oxygen atoms in total. The summed E-state index contributed by atoms with van der Waals surface area (Å²) in [6.07, 6.45) is 0. The highest BCUT2D eigenvalue weighted by Gasteiger charge is 2.25. The van der Waals surface area contributed by atoms with Crippen LogP contribution in [0.4, 0.5) is 8.78 Å². The Labute approximate surface area is 122 Å². The van der Waals surface area contributed by atoms with E-state index in [1.165, 1.54) is 6.07 Å². The van der Waals surface area contributed by atoms with E-state index in [1.807, 2.05) is 0 Å². The van der Waals surface area contributed by atoms with Gasteiger partial charge in [-0.25, -0.2) is 8.78 Å². The minimum Gasteiger partial charge on any atom is -0.488 e. The highest BCUT2D eigenvalue weighted by atomic mass is 35.5. The summed E-state index contributed by atoms with van der Waals surface area (Å²) >= 11 is 0. The van der Waals surface area contributed by atoms with Crippen LogP contribution >= 0.6 is 12.4 Å². The van der Waals surface area contributed by atoms with Crippen LogP contribution in [0.3, 0.4) is 0 Å². The number of carbonyl (C=O) groups is 1. The van der Waals surface area contributed by atoms with Crippen LogP contribution < -0.4 is 15.4 Å². The summed E-state index contributed by atoms with van der Waals surface area (Å²) in [5, 5.41) is 5.79. The molecule has 1 aromatic rings. The van der Waals surface area contributed by atoms with Crippen molar-refractivity contribution < 1.29 is 18.3 Å². The number of amides is 1. The molecule has 0 saturated carbocycles. The average Bonchev–Trinajstić information content (AvgIpc) is 2.25. The summed E-state index contributed by atoms with van der Waals surface area (Å²) < 4.78 is 31.2. The third-order valence-corrected chi connectivity index (χ3v) is 2.92. The molecule has 0 spiro atoms. The fourth-order valence-electron chi connectivity index (χ4n) is 1.68. The molecule has 1 fully saturated rings. The number of hydrogen-bond donors (Lipinski definition) is 2. The van der Waals surface area contributed by atoms with Gasteiger partial charge in [0.25, 0.3) is 0 Å². The number of rotatable bonds is 5. The topological polar surface area (TPSA) is 50.4 Å². The van der Waals surface area contributed by atoms with Gasteiger partial charge in [0.2, 0.25) is 5.91 Å². The predicted octanol–water partition coefficient (Wildman–Crippen LogP) is 1.49. The number of hydrogen-bond acceptors (Lipinski definition) is 3. The Morgan fingerprint density at radius 1 is 1.50 bits per heavy atom. The lowest BCUT2D eigenvalue weighted by Gasteiger charge is -2.27. The lowest BCUT2D eigenvalue weighted by molar-refractivity contribution is -0.127. The quantitative estimate of drug-likeness (QED) is 0.866. The van der Waals surface area contributed by atoms with Gasteiger partial charge in [-0.2, -0.15) is 0 Å². The van der Waals surface area contributed by atoms with Gasteiger partial charge in [0.05, 0.1) is 12.0 Å². The van der Waals surface area contributed by atoms with Gasteiger partial charge < -0.3 is 15.4 Å². The van der Waals surface area contributed by atoms with Crippen molar-refractivity contribution in [3.63, 3.8) is 0 Å². The third kappa shape index (κ3) is 4.31. The lowest BCUT2D eigenvalue weighted by Crippen LogP contribution is -2.53. The van der Waals surface area contributed by atoms with Crippen LogP contribution in [0.1, 0.15) is 6.92 Å². The molecule has 1 atom stereocenters. The van der Waals surface area contributed by atoms with Crippen molar-refractivity contribution in [2.45, 2.75) is 13.0 Å². The maximum atomic E-state index is 13.3. The van der Waals surface area contributed by atoms with Crippen molar-refractivity contribution in [3.05, 3.63) is 29.8 Å². The summed E-state index contributed by atoms with van der Waals surface area (Å²) in [6, 6.07) is 2.88. The molecule has 20 heavy (non-hydrogen) atoms. The van der Waals surface area contributed by atoms with Crippen LogP contribution in [0.25, 0.3) is 0 Å². The molecule has 1 aliphatic rings. The number of ether oxygens (including phenoxy) is 1. The van der Waals surface area contributed by atoms with Gasteiger partial charge in [-0.3, -0.25) is 4.79 Å². The first kappa shape index (κ1) is 16.7. The first-order chi connectivity index (χ1) is 9.06. The maximum Gasteiger partial charge on any atom is 0.226 e. The Hall–Kier alpha value is -1.40. The van der Waals surface area contributed by atoms with Gasteiger partial charge in [-0.15, -0.1) is 12.4 Å². The minimum absolute atomic E-state index is 0. The van der Waals surface area contributed by atoms with Gasteiger partial charge in [-0.05, 0) is 19.1 Å². The SMILES string of the molecule is CC(COc1ccc(F)cc1F)NC(=O)C1CNC1.Cl. The van der Waals surface area contributed by atoms with Crippen molar-refractivity contribution in [1.82, 2.24) is 10.6 Å². The number of carbonyl (C=O) groups excluding carboxylic acids is 1. The van der Waals surface area contributed by atoms with E-state index >= 15 is 0 Å².